The molecule has 0 radical (unpaired) electrons. The smallest absolute Gasteiger partial charge is 0.168 e. The minimum atomic E-state index is 0.409. The molecule has 0 atom stereocenters. The van der Waals surface area contributed by atoms with E-state index in [9.17, 15) is 0 Å². The highest BCUT2D eigenvalue weighted by molar-refractivity contribution is 5.79. The third-order valence-corrected chi connectivity index (χ3v) is 2.44. The molecule has 17 heavy (non-hydrogen) atoms. The fourth-order valence-electron chi connectivity index (χ4n) is 1.65. The Morgan fingerprint density at radius 1 is 1.12 bits per heavy atom. The van der Waals surface area contributed by atoms with Gasteiger partial charge in [0.1, 0.15) is 12.1 Å². The van der Waals surface area contributed by atoms with E-state index in [0.717, 1.165) is 11.1 Å². The standard InChI is InChI=1S/C12H13N3O2/c1-16-10-5-3-4-8(11(10)17-2)9-6-14-7-15-12(9)13/h3-7H,1-2H3,(H2,13,14,15). The molecule has 0 aliphatic carbocycles. The van der Waals surface area contributed by atoms with E-state index in [1.54, 1.807) is 20.4 Å². The summed E-state index contributed by atoms with van der Waals surface area (Å²) in [5.74, 6) is 1.68. The van der Waals surface area contributed by atoms with Crippen LogP contribution in [-0.2, 0) is 0 Å². The van der Waals surface area contributed by atoms with Crippen molar-refractivity contribution in [1.82, 2.24) is 9.97 Å². The second-order valence-electron chi connectivity index (χ2n) is 3.36. The number of anilines is 1. The maximum absolute atomic E-state index is 5.82. The fraction of sp³-hybridized carbons (Fsp3) is 0.167. The lowest BCUT2D eigenvalue weighted by Crippen LogP contribution is -1.98. The van der Waals surface area contributed by atoms with Crippen LogP contribution in [0.2, 0.25) is 0 Å². The van der Waals surface area contributed by atoms with Crippen LogP contribution in [0.3, 0.4) is 0 Å². The zero-order valence-electron chi connectivity index (χ0n) is 9.68. The van der Waals surface area contributed by atoms with Crippen LogP contribution in [0.15, 0.2) is 30.7 Å². The molecule has 2 aromatic rings. The van der Waals surface area contributed by atoms with Crippen molar-refractivity contribution in [3.8, 4) is 22.6 Å². The van der Waals surface area contributed by atoms with E-state index in [2.05, 4.69) is 9.97 Å². The lowest BCUT2D eigenvalue weighted by Gasteiger charge is -2.13. The van der Waals surface area contributed by atoms with E-state index in [1.165, 1.54) is 6.33 Å². The zero-order chi connectivity index (χ0) is 12.3. The molecule has 5 nitrogen and oxygen atoms in total. The van der Waals surface area contributed by atoms with E-state index in [1.807, 2.05) is 18.2 Å². The highest BCUT2D eigenvalue weighted by Crippen LogP contribution is 2.38. The van der Waals surface area contributed by atoms with Crippen LogP contribution in [0.25, 0.3) is 11.1 Å². The van der Waals surface area contributed by atoms with Crippen molar-refractivity contribution in [2.24, 2.45) is 0 Å². The van der Waals surface area contributed by atoms with Crippen LogP contribution >= 0.6 is 0 Å². The number of methoxy groups -OCH3 is 2. The number of nitrogens with two attached hydrogens (primary N) is 1. The molecule has 0 unspecified atom stereocenters. The summed E-state index contributed by atoms with van der Waals surface area (Å²) >= 11 is 0. The maximum Gasteiger partial charge on any atom is 0.168 e. The topological polar surface area (TPSA) is 70.3 Å². The van der Waals surface area contributed by atoms with Gasteiger partial charge in [-0.25, -0.2) is 9.97 Å². The molecule has 2 N–H and O–H groups in total. The molecule has 0 fully saturated rings. The molecule has 0 bridgehead atoms. The molecule has 0 amide bonds. The van der Waals surface area contributed by atoms with Crippen LogP contribution in [-0.4, -0.2) is 24.2 Å². The normalized spacial score (nSPS) is 10.0. The lowest BCUT2D eigenvalue weighted by atomic mass is 10.1. The molecule has 1 heterocycles. The SMILES string of the molecule is COc1cccc(-c2cncnc2N)c1OC. The Kier molecular flexibility index (Phi) is 3.09. The monoisotopic (exact) mass is 231 g/mol. The molecular formula is C12H13N3O2. The van der Waals surface area contributed by atoms with Gasteiger partial charge in [0, 0.05) is 17.3 Å². The summed E-state index contributed by atoms with van der Waals surface area (Å²) in [6.45, 7) is 0. The van der Waals surface area contributed by atoms with Gasteiger partial charge in [-0.05, 0) is 6.07 Å². The molecule has 1 aromatic heterocycles. The van der Waals surface area contributed by atoms with Gasteiger partial charge in [-0.15, -0.1) is 0 Å². The van der Waals surface area contributed by atoms with Crippen LogP contribution in [0.1, 0.15) is 0 Å². The second-order valence-corrected chi connectivity index (χ2v) is 3.36. The van der Waals surface area contributed by atoms with Crippen LogP contribution in [0, 0.1) is 0 Å². The van der Waals surface area contributed by atoms with Crippen molar-refractivity contribution in [2.45, 2.75) is 0 Å². The van der Waals surface area contributed by atoms with Gasteiger partial charge in [0.2, 0.25) is 0 Å². The van der Waals surface area contributed by atoms with Crippen LogP contribution in [0.4, 0.5) is 5.82 Å². The average molecular weight is 231 g/mol. The number of benzene rings is 1. The molecule has 0 aliphatic heterocycles. The third kappa shape index (κ3) is 1.99. The summed E-state index contributed by atoms with van der Waals surface area (Å²) < 4.78 is 10.6. The number of rotatable bonds is 3. The number of hydrogen-bond donors (Lipinski definition) is 1. The van der Waals surface area contributed by atoms with E-state index in [-0.39, 0.29) is 0 Å². The van der Waals surface area contributed by atoms with Gasteiger partial charge in [0.15, 0.2) is 11.5 Å². The van der Waals surface area contributed by atoms with Crippen molar-refractivity contribution in [1.29, 1.82) is 0 Å². The Bertz CT molecular complexity index is 529. The van der Waals surface area contributed by atoms with E-state index in [4.69, 9.17) is 15.2 Å². The van der Waals surface area contributed by atoms with Crippen molar-refractivity contribution in [3.05, 3.63) is 30.7 Å². The van der Waals surface area contributed by atoms with Crippen molar-refractivity contribution in [2.75, 3.05) is 20.0 Å². The minimum absolute atomic E-state index is 0.409. The Morgan fingerprint density at radius 2 is 1.94 bits per heavy atom. The average Bonchev–Trinajstić information content (AvgIpc) is 2.38. The van der Waals surface area contributed by atoms with Gasteiger partial charge in [-0.1, -0.05) is 12.1 Å². The Morgan fingerprint density at radius 3 is 2.59 bits per heavy atom. The van der Waals surface area contributed by atoms with E-state index >= 15 is 0 Å². The summed E-state index contributed by atoms with van der Waals surface area (Å²) in [6, 6.07) is 5.57. The number of para-hydroxylation sites is 1. The molecule has 0 saturated heterocycles. The molecule has 88 valence electrons. The summed E-state index contributed by atoms with van der Waals surface area (Å²) in [7, 11) is 3.17. The lowest BCUT2D eigenvalue weighted by molar-refractivity contribution is 0.356. The highest BCUT2D eigenvalue weighted by atomic mass is 16.5. The van der Waals surface area contributed by atoms with Crippen LogP contribution < -0.4 is 15.2 Å². The summed E-state index contributed by atoms with van der Waals surface area (Å²) in [4.78, 5) is 7.92. The molecule has 0 saturated carbocycles. The van der Waals surface area contributed by atoms with Gasteiger partial charge in [-0.3, -0.25) is 0 Å². The third-order valence-electron chi connectivity index (χ3n) is 2.44. The first kappa shape index (κ1) is 11.2. The fourth-order valence-corrected chi connectivity index (χ4v) is 1.65. The number of nitrogen functional groups attached to an aromatic ring is 1. The predicted octanol–water partition coefficient (Wildman–Crippen LogP) is 1.74. The molecular weight excluding hydrogens is 218 g/mol. The molecule has 0 aliphatic rings. The highest BCUT2D eigenvalue weighted by Gasteiger charge is 2.13. The first-order chi connectivity index (χ1) is 8.27. The zero-order valence-corrected chi connectivity index (χ0v) is 9.68. The second kappa shape index (κ2) is 4.69. The first-order valence-corrected chi connectivity index (χ1v) is 5.04. The molecule has 2 rings (SSSR count). The first-order valence-electron chi connectivity index (χ1n) is 5.04. The number of aromatic nitrogens is 2. The summed E-state index contributed by atoms with van der Waals surface area (Å²) in [5, 5.41) is 0. The van der Waals surface area contributed by atoms with Crippen molar-refractivity contribution >= 4 is 5.82 Å². The van der Waals surface area contributed by atoms with Crippen molar-refractivity contribution < 1.29 is 9.47 Å². The summed E-state index contributed by atoms with van der Waals surface area (Å²) in [5.41, 5.74) is 7.36. The number of nitrogens with zero attached hydrogens (tertiary/aromatic N) is 2. The number of ether oxygens (including phenoxy) is 2. The molecule has 1 aromatic carbocycles. The van der Waals surface area contributed by atoms with Gasteiger partial charge in [0.05, 0.1) is 14.2 Å². The Balaban J connectivity index is 2.63. The van der Waals surface area contributed by atoms with Gasteiger partial charge in [-0.2, -0.15) is 0 Å². The quantitative estimate of drug-likeness (QED) is 0.871. The predicted molar refractivity (Wildman–Crippen MR) is 65.0 cm³/mol. The Labute approximate surface area is 99.2 Å². The van der Waals surface area contributed by atoms with Crippen LogP contribution in [0.5, 0.6) is 11.5 Å². The number of hydrogen-bond acceptors (Lipinski definition) is 5. The van der Waals surface area contributed by atoms with E-state index in [0.29, 0.717) is 17.3 Å². The maximum atomic E-state index is 5.82. The molecule has 0 spiro atoms. The van der Waals surface area contributed by atoms with Gasteiger partial charge >= 0.3 is 0 Å². The van der Waals surface area contributed by atoms with Crippen molar-refractivity contribution in [3.63, 3.8) is 0 Å². The largest absolute Gasteiger partial charge is 0.493 e. The Hall–Kier alpha value is -2.30. The minimum Gasteiger partial charge on any atom is -0.493 e. The summed E-state index contributed by atoms with van der Waals surface area (Å²) in [6.07, 6.45) is 3.06. The molecule has 5 heteroatoms. The van der Waals surface area contributed by atoms with E-state index < -0.39 is 0 Å². The van der Waals surface area contributed by atoms with Gasteiger partial charge < -0.3 is 15.2 Å². The van der Waals surface area contributed by atoms with Gasteiger partial charge in [0.25, 0.3) is 0 Å².